The van der Waals surface area contributed by atoms with E-state index in [1.54, 1.807) is 28.9 Å². The number of hydrogen-bond acceptors (Lipinski definition) is 8. The third-order valence-corrected chi connectivity index (χ3v) is 4.58. The summed E-state index contributed by atoms with van der Waals surface area (Å²) in [5, 5.41) is 23.8. The van der Waals surface area contributed by atoms with Crippen molar-refractivity contribution in [3.05, 3.63) is 40.7 Å². The van der Waals surface area contributed by atoms with Crippen LogP contribution in [0.3, 0.4) is 0 Å². The van der Waals surface area contributed by atoms with Gasteiger partial charge in [-0.05, 0) is 55.0 Å². The van der Waals surface area contributed by atoms with Crippen molar-refractivity contribution in [1.82, 2.24) is 30.4 Å². The Labute approximate surface area is 160 Å². The number of tetrazole rings is 1. The number of hydrogen-bond donors (Lipinski definition) is 1. The highest BCUT2D eigenvalue weighted by atomic mass is 32.1. The fourth-order valence-electron chi connectivity index (χ4n) is 2.35. The maximum Gasteiger partial charge on any atom is 0.257 e. The van der Waals surface area contributed by atoms with Crippen LogP contribution in [-0.4, -0.2) is 36.3 Å². The highest BCUT2D eigenvalue weighted by molar-refractivity contribution is 7.15. The monoisotopic (exact) mass is 387 g/mol. The zero-order chi connectivity index (χ0) is 19.2. The SMILES string of the molecule is CCCc1nnc(NC(=O)c2ccc(OCc3nnnn3C(C)C)cc2)s1. The van der Waals surface area contributed by atoms with Gasteiger partial charge < -0.3 is 4.74 Å². The summed E-state index contributed by atoms with van der Waals surface area (Å²) in [6, 6.07) is 7.03. The van der Waals surface area contributed by atoms with E-state index in [1.807, 2.05) is 13.8 Å². The number of carbonyl (C=O) groups excluding carboxylic acids is 1. The first-order valence-electron chi connectivity index (χ1n) is 8.70. The molecule has 0 aliphatic rings. The second kappa shape index (κ2) is 8.67. The number of carbonyl (C=O) groups is 1. The molecule has 0 aliphatic carbocycles. The van der Waals surface area contributed by atoms with E-state index in [9.17, 15) is 4.79 Å². The van der Waals surface area contributed by atoms with Gasteiger partial charge in [0, 0.05) is 12.0 Å². The van der Waals surface area contributed by atoms with Crippen LogP contribution < -0.4 is 10.1 Å². The Hall–Kier alpha value is -2.88. The lowest BCUT2D eigenvalue weighted by molar-refractivity contribution is 0.102. The fraction of sp³-hybridized carbons (Fsp3) is 0.412. The number of nitrogens with one attached hydrogen (secondary N) is 1. The van der Waals surface area contributed by atoms with Crippen molar-refractivity contribution in [2.75, 3.05) is 5.32 Å². The van der Waals surface area contributed by atoms with E-state index in [4.69, 9.17) is 4.74 Å². The molecular formula is C17H21N7O2S. The van der Waals surface area contributed by atoms with Crippen molar-refractivity contribution in [3.8, 4) is 5.75 Å². The third kappa shape index (κ3) is 4.85. The molecule has 0 spiro atoms. The van der Waals surface area contributed by atoms with Crippen LogP contribution in [0.15, 0.2) is 24.3 Å². The second-order valence-electron chi connectivity index (χ2n) is 6.15. The first-order valence-corrected chi connectivity index (χ1v) is 9.51. The lowest BCUT2D eigenvalue weighted by Crippen LogP contribution is -2.12. The molecule has 2 aromatic heterocycles. The van der Waals surface area contributed by atoms with Crippen LogP contribution >= 0.6 is 11.3 Å². The molecule has 1 N–H and O–H groups in total. The normalized spacial score (nSPS) is 11.0. The highest BCUT2D eigenvalue weighted by Crippen LogP contribution is 2.19. The van der Waals surface area contributed by atoms with E-state index in [0.717, 1.165) is 17.8 Å². The summed E-state index contributed by atoms with van der Waals surface area (Å²) < 4.78 is 7.41. The number of amides is 1. The summed E-state index contributed by atoms with van der Waals surface area (Å²) in [6.45, 7) is 6.32. The van der Waals surface area contributed by atoms with E-state index in [-0.39, 0.29) is 18.6 Å². The molecule has 0 aliphatic heterocycles. The molecule has 0 unspecified atom stereocenters. The van der Waals surface area contributed by atoms with Gasteiger partial charge in [-0.25, -0.2) is 4.68 Å². The van der Waals surface area contributed by atoms with Gasteiger partial charge in [-0.15, -0.1) is 15.3 Å². The van der Waals surface area contributed by atoms with Crippen LogP contribution in [0.4, 0.5) is 5.13 Å². The largest absolute Gasteiger partial charge is 0.486 e. The number of aryl methyl sites for hydroxylation is 1. The molecule has 0 atom stereocenters. The summed E-state index contributed by atoms with van der Waals surface area (Å²) >= 11 is 1.39. The van der Waals surface area contributed by atoms with Gasteiger partial charge in [-0.3, -0.25) is 10.1 Å². The predicted octanol–water partition coefficient (Wildman–Crippen LogP) is 2.89. The smallest absolute Gasteiger partial charge is 0.257 e. The third-order valence-electron chi connectivity index (χ3n) is 3.69. The number of aromatic nitrogens is 6. The topological polar surface area (TPSA) is 108 Å². The van der Waals surface area contributed by atoms with Gasteiger partial charge in [0.1, 0.15) is 17.4 Å². The van der Waals surface area contributed by atoms with Crippen molar-refractivity contribution in [2.24, 2.45) is 0 Å². The van der Waals surface area contributed by atoms with Crippen molar-refractivity contribution in [3.63, 3.8) is 0 Å². The first kappa shape index (κ1) is 18.9. The fourth-order valence-corrected chi connectivity index (χ4v) is 3.18. The Kier molecular flexibility index (Phi) is 6.07. The lowest BCUT2D eigenvalue weighted by atomic mass is 10.2. The van der Waals surface area contributed by atoms with Gasteiger partial charge in [0.15, 0.2) is 5.82 Å². The molecule has 0 saturated carbocycles. The second-order valence-corrected chi connectivity index (χ2v) is 7.21. The maximum absolute atomic E-state index is 12.3. The Bertz CT molecular complexity index is 889. The zero-order valence-electron chi connectivity index (χ0n) is 15.4. The van der Waals surface area contributed by atoms with Gasteiger partial charge in [-0.2, -0.15) is 0 Å². The highest BCUT2D eigenvalue weighted by Gasteiger charge is 2.12. The van der Waals surface area contributed by atoms with Crippen molar-refractivity contribution < 1.29 is 9.53 Å². The molecule has 27 heavy (non-hydrogen) atoms. The summed E-state index contributed by atoms with van der Waals surface area (Å²) in [5.74, 6) is 1.04. The standard InChI is InChI=1S/C17H21N7O2S/c1-4-5-15-20-21-17(27-15)18-16(25)12-6-8-13(9-7-12)26-10-14-19-22-23-24(14)11(2)3/h6-9,11H,4-5,10H2,1-3H3,(H,18,21,25). The summed E-state index contributed by atoms with van der Waals surface area (Å²) in [5.41, 5.74) is 0.515. The Morgan fingerprint density at radius 3 is 2.70 bits per heavy atom. The molecule has 1 amide bonds. The number of benzene rings is 1. The van der Waals surface area contributed by atoms with E-state index in [2.05, 4.69) is 38.0 Å². The number of nitrogens with zero attached hydrogens (tertiary/aromatic N) is 6. The molecule has 3 rings (SSSR count). The van der Waals surface area contributed by atoms with Crippen molar-refractivity contribution >= 4 is 22.4 Å². The number of rotatable bonds is 8. The number of anilines is 1. The minimum Gasteiger partial charge on any atom is -0.486 e. The van der Waals surface area contributed by atoms with E-state index in [1.165, 1.54) is 11.3 Å². The zero-order valence-corrected chi connectivity index (χ0v) is 16.2. The Balaban J connectivity index is 1.57. The molecule has 0 fully saturated rings. The van der Waals surface area contributed by atoms with Crippen LogP contribution in [0.25, 0.3) is 0 Å². The molecule has 0 bridgehead atoms. The number of ether oxygens (including phenoxy) is 1. The van der Waals surface area contributed by atoms with Gasteiger partial charge in [0.2, 0.25) is 5.13 Å². The lowest BCUT2D eigenvalue weighted by Gasteiger charge is -2.09. The minimum absolute atomic E-state index is 0.155. The summed E-state index contributed by atoms with van der Waals surface area (Å²) in [6.07, 6.45) is 1.85. The van der Waals surface area contributed by atoms with E-state index in [0.29, 0.717) is 22.3 Å². The minimum atomic E-state index is -0.232. The Morgan fingerprint density at radius 2 is 2.00 bits per heavy atom. The van der Waals surface area contributed by atoms with Gasteiger partial charge in [-0.1, -0.05) is 18.3 Å². The van der Waals surface area contributed by atoms with Crippen LogP contribution in [0.1, 0.15) is 54.4 Å². The Morgan fingerprint density at radius 1 is 1.22 bits per heavy atom. The van der Waals surface area contributed by atoms with Crippen LogP contribution in [-0.2, 0) is 13.0 Å². The van der Waals surface area contributed by atoms with E-state index >= 15 is 0 Å². The molecule has 142 valence electrons. The average Bonchev–Trinajstić information content (AvgIpc) is 3.30. The van der Waals surface area contributed by atoms with Gasteiger partial charge in [0.05, 0.1) is 6.04 Å². The molecule has 0 saturated heterocycles. The maximum atomic E-state index is 12.3. The molecular weight excluding hydrogens is 366 g/mol. The summed E-state index contributed by atoms with van der Waals surface area (Å²) in [4.78, 5) is 12.3. The molecule has 1 aromatic carbocycles. The molecule has 3 aromatic rings. The van der Waals surface area contributed by atoms with E-state index < -0.39 is 0 Å². The molecule has 2 heterocycles. The van der Waals surface area contributed by atoms with Crippen LogP contribution in [0, 0.1) is 0 Å². The summed E-state index contributed by atoms with van der Waals surface area (Å²) in [7, 11) is 0. The van der Waals surface area contributed by atoms with Crippen molar-refractivity contribution in [1.29, 1.82) is 0 Å². The molecule has 10 heteroatoms. The van der Waals surface area contributed by atoms with Crippen LogP contribution in [0.2, 0.25) is 0 Å². The first-order chi connectivity index (χ1) is 13.1. The molecule has 0 radical (unpaired) electrons. The van der Waals surface area contributed by atoms with Crippen LogP contribution in [0.5, 0.6) is 5.75 Å². The van der Waals surface area contributed by atoms with Gasteiger partial charge >= 0.3 is 0 Å². The predicted molar refractivity (Wildman–Crippen MR) is 101 cm³/mol. The molecule has 9 nitrogen and oxygen atoms in total. The quantitative estimate of drug-likeness (QED) is 0.633. The average molecular weight is 387 g/mol. The van der Waals surface area contributed by atoms with Crippen molar-refractivity contribution in [2.45, 2.75) is 46.3 Å². The van der Waals surface area contributed by atoms with Gasteiger partial charge in [0.25, 0.3) is 5.91 Å².